The first-order chi connectivity index (χ1) is 14.6. The number of carbonyl (C=O) groups excluding carboxylic acids is 2. The number of likely N-dealkylation sites (tertiary alicyclic amines) is 1. The average Bonchev–Trinajstić information content (AvgIpc) is 3.24. The molecule has 156 valence electrons. The predicted octanol–water partition coefficient (Wildman–Crippen LogP) is 4.92. The van der Waals surface area contributed by atoms with Crippen LogP contribution in [0.5, 0.6) is 0 Å². The number of hydrogen-bond acceptors (Lipinski definition) is 4. The van der Waals surface area contributed by atoms with Crippen molar-refractivity contribution in [3.63, 3.8) is 0 Å². The molecule has 4 rings (SSSR count). The Bertz CT molecular complexity index is 1020. The number of anilines is 1. The Hall–Kier alpha value is -2.39. The maximum Gasteiger partial charge on any atom is 0.411 e. The second-order valence-electron chi connectivity index (χ2n) is 7.49. The lowest BCUT2D eigenvalue weighted by Gasteiger charge is -2.31. The van der Waals surface area contributed by atoms with E-state index < -0.39 is 6.09 Å². The van der Waals surface area contributed by atoms with Crippen LogP contribution in [0.1, 0.15) is 23.2 Å². The van der Waals surface area contributed by atoms with Crippen molar-refractivity contribution in [2.24, 2.45) is 5.92 Å². The molecular formula is C23H24IN3O3. The summed E-state index contributed by atoms with van der Waals surface area (Å²) in [5, 5.41) is 3.76. The number of fused-ring (bicyclic) bond motifs is 1. The number of H-pyrrole nitrogens is 1. The number of amides is 1. The summed E-state index contributed by atoms with van der Waals surface area (Å²) in [5.74, 6) is 0.313. The summed E-state index contributed by atoms with van der Waals surface area (Å²) in [4.78, 5) is 30.2. The number of aromatic nitrogens is 1. The molecule has 1 aliphatic rings. The van der Waals surface area contributed by atoms with Crippen molar-refractivity contribution in [1.29, 1.82) is 0 Å². The van der Waals surface area contributed by atoms with E-state index in [4.69, 9.17) is 4.74 Å². The molecule has 1 amide bonds. The second-order valence-corrected chi connectivity index (χ2v) is 8.74. The van der Waals surface area contributed by atoms with Crippen molar-refractivity contribution in [3.05, 3.63) is 63.9 Å². The van der Waals surface area contributed by atoms with Crippen molar-refractivity contribution < 1.29 is 14.3 Å². The minimum Gasteiger partial charge on any atom is -0.448 e. The highest BCUT2D eigenvalue weighted by molar-refractivity contribution is 14.1. The summed E-state index contributed by atoms with van der Waals surface area (Å²) < 4.78 is 6.49. The molecule has 3 aromatic rings. The Morgan fingerprint density at radius 2 is 1.87 bits per heavy atom. The highest BCUT2D eigenvalue weighted by atomic mass is 127. The normalized spacial score (nSPS) is 15.2. The molecular weight excluding hydrogens is 493 g/mol. The lowest BCUT2D eigenvalue weighted by molar-refractivity contribution is 0.0813. The first kappa shape index (κ1) is 20.9. The van der Waals surface area contributed by atoms with E-state index in [-0.39, 0.29) is 11.7 Å². The number of halogens is 1. The van der Waals surface area contributed by atoms with Crippen LogP contribution in [0.4, 0.5) is 10.5 Å². The van der Waals surface area contributed by atoms with Gasteiger partial charge in [-0.3, -0.25) is 15.0 Å². The molecule has 2 N–H and O–H groups in total. The van der Waals surface area contributed by atoms with Gasteiger partial charge in [0.05, 0.1) is 5.69 Å². The standard InChI is InChI=1S/C23H24IN3O3/c24-18-6-4-16(5-7-18)22(28)17-9-12-27(13-10-17)14-15-30-23(29)26-21-3-1-2-20-19(21)8-11-25-20/h1-8,11,17,25H,9-10,12-15H2,(H,26,29). The van der Waals surface area contributed by atoms with Gasteiger partial charge in [-0.2, -0.15) is 0 Å². The third-order valence-electron chi connectivity index (χ3n) is 5.56. The van der Waals surface area contributed by atoms with Crippen LogP contribution in [-0.4, -0.2) is 48.0 Å². The van der Waals surface area contributed by atoms with Crippen LogP contribution in [-0.2, 0) is 4.74 Å². The number of ketones is 1. The van der Waals surface area contributed by atoms with Crippen molar-refractivity contribution in [1.82, 2.24) is 9.88 Å². The van der Waals surface area contributed by atoms with Crippen LogP contribution in [0.2, 0.25) is 0 Å². The number of benzene rings is 2. The summed E-state index contributed by atoms with van der Waals surface area (Å²) in [6.45, 7) is 2.68. The van der Waals surface area contributed by atoms with Gasteiger partial charge in [-0.25, -0.2) is 4.79 Å². The molecule has 1 aliphatic heterocycles. The van der Waals surface area contributed by atoms with E-state index in [0.717, 1.165) is 51.7 Å². The minimum atomic E-state index is -0.451. The molecule has 2 heterocycles. The number of nitrogens with one attached hydrogen (secondary N) is 2. The quantitative estimate of drug-likeness (QED) is 0.360. The van der Waals surface area contributed by atoms with Gasteiger partial charge in [-0.1, -0.05) is 18.2 Å². The van der Waals surface area contributed by atoms with Gasteiger partial charge >= 0.3 is 6.09 Å². The summed E-state index contributed by atoms with van der Waals surface area (Å²) >= 11 is 2.24. The molecule has 0 radical (unpaired) electrons. The van der Waals surface area contributed by atoms with E-state index in [0.29, 0.717) is 13.2 Å². The summed E-state index contributed by atoms with van der Waals surface area (Å²) in [5.41, 5.74) is 2.50. The van der Waals surface area contributed by atoms with Gasteiger partial charge in [0.1, 0.15) is 6.61 Å². The van der Waals surface area contributed by atoms with Crippen LogP contribution in [0.3, 0.4) is 0 Å². The fourth-order valence-electron chi connectivity index (χ4n) is 3.88. The fraction of sp³-hybridized carbons (Fsp3) is 0.304. The zero-order valence-electron chi connectivity index (χ0n) is 16.6. The Morgan fingerprint density at radius 1 is 1.10 bits per heavy atom. The Kier molecular flexibility index (Phi) is 6.69. The Morgan fingerprint density at radius 3 is 2.63 bits per heavy atom. The van der Waals surface area contributed by atoms with E-state index in [1.165, 1.54) is 0 Å². The monoisotopic (exact) mass is 517 g/mol. The molecule has 1 saturated heterocycles. The molecule has 2 aromatic carbocycles. The first-order valence-electron chi connectivity index (χ1n) is 10.1. The van der Waals surface area contributed by atoms with E-state index in [1.54, 1.807) is 0 Å². The molecule has 0 unspecified atom stereocenters. The number of Topliss-reactive ketones (excluding diaryl/α,β-unsaturated/α-hetero) is 1. The summed E-state index contributed by atoms with van der Waals surface area (Å²) in [7, 11) is 0. The highest BCUT2D eigenvalue weighted by Crippen LogP contribution is 2.23. The molecule has 0 aliphatic carbocycles. The zero-order chi connectivity index (χ0) is 20.9. The lowest BCUT2D eigenvalue weighted by Crippen LogP contribution is -2.38. The van der Waals surface area contributed by atoms with Gasteiger partial charge in [-0.05, 0) is 78.9 Å². The van der Waals surface area contributed by atoms with E-state index in [2.05, 4.69) is 37.8 Å². The van der Waals surface area contributed by atoms with Crippen molar-refractivity contribution in [3.8, 4) is 0 Å². The van der Waals surface area contributed by atoms with Crippen LogP contribution in [0, 0.1) is 9.49 Å². The average molecular weight is 517 g/mol. The number of carbonyl (C=O) groups is 2. The van der Waals surface area contributed by atoms with Crippen molar-refractivity contribution in [2.75, 3.05) is 31.6 Å². The first-order valence-corrected chi connectivity index (χ1v) is 11.2. The summed E-state index contributed by atoms with van der Waals surface area (Å²) in [6, 6.07) is 15.4. The predicted molar refractivity (Wildman–Crippen MR) is 126 cm³/mol. The van der Waals surface area contributed by atoms with Crippen LogP contribution < -0.4 is 5.32 Å². The van der Waals surface area contributed by atoms with Crippen LogP contribution in [0.15, 0.2) is 54.7 Å². The number of ether oxygens (including phenoxy) is 1. The zero-order valence-corrected chi connectivity index (χ0v) is 18.7. The molecule has 30 heavy (non-hydrogen) atoms. The highest BCUT2D eigenvalue weighted by Gasteiger charge is 2.25. The molecule has 0 saturated carbocycles. The Labute approximate surface area is 189 Å². The number of hydrogen-bond donors (Lipinski definition) is 2. The number of piperidine rings is 1. The fourth-order valence-corrected chi connectivity index (χ4v) is 4.24. The number of aromatic amines is 1. The molecule has 0 atom stereocenters. The molecule has 0 spiro atoms. The van der Waals surface area contributed by atoms with Crippen LogP contribution in [0.25, 0.3) is 10.9 Å². The third-order valence-corrected chi connectivity index (χ3v) is 6.28. The third kappa shape index (κ3) is 5.02. The topological polar surface area (TPSA) is 74.4 Å². The van der Waals surface area contributed by atoms with Gasteiger partial charge in [0, 0.05) is 38.7 Å². The molecule has 1 aromatic heterocycles. The van der Waals surface area contributed by atoms with Gasteiger partial charge in [-0.15, -0.1) is 0 Å². The van der Waals surface area contributed by atoms with Crippen LogP contribution >= 0.6 is 22.6 Å². The molecule has 6 nitrogen and oxygen atoms in total. The molecule has 1 fully saturated rings. The smallest absolute Gasteiger partial charge is 0.411 e. The SMILES string of the molecule is O=C(Nc1cccc2[nH]ccc12)OCCN1CCC(C(=O)c2ccc(I)cc2)CC1. The molecule has 7 heteroatoms. The number of rotatable bonds is 6. The van der Waals surface area contributed by atoms with Gasteiger partial charge in [0.25, 0.3) is 0 Å². The van der Waals surface area contributed by atoms with Crippen molar-refractivity contribution >= 4 is 51.1 Å². The van der Waals surface area contributed by atoms with Gasteiger partial charge in [0.2, 0.25) is 0 Å². The minimum absolute atomic E-state index is 0.0763. The maximum absolute atomic E-state index is 12.7. The van der Waals surface area contributed by atoms with E-state index >= 15 is 0 Å². The second kappa shape index (κ2) is 9.61. The lowest BCUT2D eigenvalue weighted by atomic mass is 9.89. The van der Waals surface area contributed by atoms with Crippen molar-refractivity contribution in [2.45, 2.75) is 12.8 Å². The Balaban J connectivity index is 1.19. The van der Waals surface area contributed by atoms with E-state index in [9.17, 15) is 9.59 Å². The van der Waals surface area contributed by atoms with E-state index in [1.807, 2.05) is 54.7 Å². The van der Waals surface area contributed by atoms with Gasteiger partial charge in [0.15, 0.2) is 5.78 Å². The molecule has 0 bridgehead atoms. The van der Waals surface area contributed by atoms with Gasteiger partial charge < -0.3 is 9.72 Å². The number of nitrogens with zero attached hydrogens (tertiary/aromatic N) is 1. The largest absolute Gasteiger partial charge is 0.448 e. The summed E-state index contributed by atoms with van der Waals surface area (Å²) in [6.07, 6.45) is 3.07. The maximum atomic E-state index is 12.7.